The maximum Gasteiger partial charge on any atom is 0.335 e. The number of hydrogen-bond donors (Lipinski definition) is 1. The molecule has 98 valence electrons. The highest BCUT2D eigenvalue weighted by atomic mass is 32.2. The number of sulfone groups is 1. The second-order valence-corrected chi connectivity index (χ2v) is 5.83. The summed E-state index contributed by atoms with van der Waals surface area (Å²) in [5.41, 5.74) is 0.239. The molecule has 0 aliphatic rings. The fourth-order valence-corrected chi connectivity index (χ4v) is 2.98. The van der Waals surface area contributed by atoms with Gasteiger partial charge in [-0.15, -0.1) is 0 Å². The van der Waals surface area contributed by atoms with Crippen LogP contribution >= 0.6 is 0 Å². The summed E-state index contributed by atoms with van der Waals surface area (Å²) in [4.78, 5) is 14.8. The number of pyridine rings is 1. The fraction of sp³-hybridized carbons (Fsp3) is 0.0769. The van der Waals surface area contributed by atoms with Crippen LogP contribution in [0, 0.1) is 0 Å². The van der Waals surface area contributed by atoms with Gasteiger partial charge in [0, 0.05) is 6.20 Å². The lowest BCUT2D eigenvalue weighted by atomic mass is 10.1. The van der Waals surface area contributed by atoms with Gasteiger partial charge >= 0.3 is 5.97 Å². The molecule has 1 aromatic carbocycles. The first-order chi connectivity index (χ1) is 9.00. The highest BCUT2D eigenvalue weighted by Crippen LogP contribution is 2.17. The Bertz CT molecular complexity index is 696. The fourth-order valence-electron chi connectivity index (χ4n) is 1.66. The number of benzene rings is 1. The van der Waals surface area contributed by atoms with Gasteiger partial charge < -0.3 is 5.11 Å². The molecule has 0 aliphatic heterocycles. The molecule has 2 aromatic rings. The molecule has 0 aliphatic carbocycles. The molecule has 0 saturated heterocycles. The van der Waals surface area contributed by atoms with E-state index in [-0.39, 0.29) is 21.9 Å². The highest BCUT2D eigenvalue weighted by Gasteiger charge is 2.20. The Kier molecular flexibility index (Phi) is 3.62. The average molecular weight is 277 g/mol. The number of carboxylic acid groups (broad SMARTS) is 1. The molecule has 1 heterocycles. The van der Waals surface area contributed by atoms with Gasteiger partial charge in [-0.25, -0.2) is 18.2 Å². The van der Waals surface area contributed by atoms with Crippen LogP contribution in [0.2, 0.25) is 0 Å². The van der Waals surface area contributed by atoms with Crippen molar-refractivity contribution in [2.24, 2.45) is 0 Å². The van der Waals surface area contributed by atoms with Gasteiger partial charge in [0.1, 0.15) is 0 Å². The maximum atomic E-state index is 12.1. The highest BCUT2D eigenvalue weighted by molar-refractivity contribution is 7.90. The third-order valence-corrected chi connectivity index (χ3v) is 4.12. The van der Waals surface area contributed by atoms with Gasteiger partial charge in [-0.05, 0) is 23.8 Å². The van der Waals surface area contributed by atoms with Crippen molar-refractivity contribution in [2.45, 2.75) is 10.8 Å². The summed E-state index contributed by atoms with van der Waals surface area (Å²) in [7, 11) is -3.64. The zero-order chi connectivity index (χ0) is 13.9. The van der Waals surface area contributed by atoms with Gasteiger partial charge in [0.15, 0.2) is 14.9 Å². The third kappa shape index (κ3) is 2.97. The van der Waals surface area contributed by atoms with Crippen LogP contribution in [-0.4, -0.2) is 24.5 Å². The molecular weight excluding hydrogens is 266 g/mol. The van der Waals surface area contributed by atoms with Gasteiger partial charge in [0.2, 0.25) is 0 Å². The van der Waals surface area contributed by atoms with E-state index in [0.717, 1.165) is 0 Å². The molecule has 19 heavy (non-hydrogen) atoms. The molecular formula is C13H11NO4S. The van der Waals surface area contributed by atoms with Gasteiger partial charge in [-0.3, -0.25) is 0 Å². The van der Waals surface area contributed by atoms with Crippen LogP contribution in [0.4, 0.5) is 0 Å². The zero-order valence-corrected chi connectivity index (χ0v) is 10.7. The molecule has 0 saturated carbocycles. The minimum absolute atomic E-state index is 0.0120. The minimum Gasteiger partial charge on any atom is -0.478 e. The van der Waals surface area contributed by atoms with Crippen LogP contribution in [0.5, 0.6) is 0 Å². The Hall–Kier alpha value is -2.21. The first kappa shape index (κ1) is 13.2. The molecule has 0 atom stereocenters. The summed E-state index contributed by atoms with van der Waals surface area (Å²) in [6.45, 7) is 0. The first-order valence-corrected chi connectivity index (χ1v) is 7.11. The van der Waals surface area contributed by atoms with Crippen LogP contribution in [0.25, 0.3) is 0 Å². The number of carbonyl (C=O) groups is 1. The minimum atomic E-state index is -3.64. The van der Waals surface area contributed by atoms with E-state index in [2.05, 4.69) is 4.98 Å². The van der Waals surface area contributed by atoms with Crippen molar-refractivity contribution >= 4 is 15.8 Å². The molecule has 1 N–H and O–H groups in total. The van der Waals surface area contributed by atoms with Gasteiger partial charge in [-0.1, -0.05) is 24.3 Å². The lowest BCUT2D eigenvalue weighted by molar-refractivity contribution is 0.0696. The number of aromatic nitrogens is 1. The lowest BCUT2D eigenvalue weighted by Gasteiger charge is -2.06. The number of aromatic carboxylic acids is 1. The Balaban J connectivity index is 2.39. The number of carboxylic acids is 1. The molecule has 0 spiro atoms. The van der Waals surface area contributed by atoms with Crippen LogP contribution in [0.1, 0.15) is 15.9 Å². The molecule has 0 bridgehead atoms. The molecule has 2 rings (SSSR count). The van der Waals surface area contributed by atoms with Gasteiger partial charge in [-0.2, -0.15) is 0 Å². The van der Waals surface area contributed by atoms with E-state index in [1.807, 2.05) is 0 Å². The third-order valence-electron chi connectivity index (χ3n) is 2.55. The maximum absolute atomic E-state index is 12.1. The van der Waals surface area contributed by atoms with Crippen molar-refractivity contribution in [3.05, 3.63) is 59.8 Å². The van der Waals surface area contributed by atoms with Crippen LogP contribution in [-0.2, 0) is 15.6 Å². The van der Waals surface area contributed by atoms with E-state index in [1.165, 1.54) is 24.4 Å². The monoisotopic (exact) mass is 277 g/mol. The average Bonchev–Trinajstić information content (AvgIpc) is 2.39. The van der Waals surface area contributed by atoms with E-state index in [0.29, 0.717) is 0 Å². The second-order valence-electron chi connectivity index (χ2n) is 3.89. The number of rotatable bonds is 4. The lowest BCUT2D eigenvalue weighted by Crippen LogP contribution is -2.10. The molecule has 1 aromatic heterocycles. The largest absolute Gasteiger partial charge is 0.478 e. The molecule has 0 fully saturated rings. The Labute approximate surface area is 110 Å². The predicted molar refractivity (Wildman–Crippen MR) is 68.5 cm³/mol. The van der Waals surface area contributed by atoms with Crippen molar-refractivity contribution < 1.29 is 18.3 Å². The quantitative estimate of drug-likeness (QED) is 0.920. The van der Waals surface area contributed by atoms with Crippen LogP contribution < -0.4 is 0 Å². The number of nitrogens with zero attached hydrogens (tertiary/aromatic N) is 1. The molecule has 0 unspecified atom stereocenters. The summed E-state index contributed by atoms with van der Waals surface area (Å²) < 4.78 is 24.2. The number of hydrogen-bond acceptors (Lipinski definition) is 4. The van der Waals surface area contributed by atoms with Crippen molar-refractivity contribution in [3.63, 3.8) is 0 Å². The first-order valence-electron chi connectivity index (χ1n) is 5.46. The standard InChI is InChI=1S/C13H11NO4S/c15-13(16)11-6-2-1-5-10(11)9-19(17,18)12-7-3-4-8-14-12/h1-8H,9H2,(H,15,16). The van der Waals surface area contributed by atoms with Crippen molar-refractivity contribution in [1.29, 1.82) is 0 Å². The van der Waals surface area contributed by atoms with Crippen LogP contribution in [0.3, 0.4) is 0 Å². The Morgan fingerprint density at radius 2 is 1.79 bits per heavy atom. The second kappa shape index (κ2) is 5.19. The SMILES string of the molecule is O=C(O)c1ccccc1CS(=O)(=O)c1ccccn1. The van der Waals surface area contributed by atoms with Crippen LogP contribution in [0.15, 0.2) is 53.7 Å². The predicted octanol–water partition coefficient (Wildman–Crippen LogP) is 1.75. The van der Waals surface area contributed by atoms with Crippen molar-refractivity contribution in [2.75, 3.05) is 0 Å². The summed E-state index contributed by atoms with van der Waals surface area (Å²) >= 11 is 0. The van der Waals surface area contributed by atoms with E-state index in [4.69, 9.17) is 5.11 Å². The van der Waals surface area contributed by atoms with Crippen molar-refractivity contribution in [1.82, 2.24) is 4.98 Å². The smallest absolute Gasteiger partial charge is 0.335 e. The summed E-state index contributed by atoms with van der Waals surface area (Å²) in [6.07, 6.45) is 1.38. The zero-order valence-electron chi connectivity index (χ0n) is 9.85. The summed E-state index contributed by atoms with van der Waals surface area (Å²) in [5, 5.41) is 8.96. The topological polar surface area (TPSA) is 84.3 Å². The summed E-state index contributed by atoms with van der Waals surface area (Å²) in [6, 6.07) is 10.6. The Morgan fingerprint density at radius 3 is 2.42 bits per heavy atom. The van der Waals surface area contributed by atoms with Gasteiger partial charge in [0.25, 0.3) is 0 Å². The molecule has 0 amide bonds. The van der Waals surface area contributed by atoms with E-state index >= 15 is 0 Å². The van der Waals surface area contributed by atoms with E-state index in [9.17, 15) is 13.2 Å². The normalized spacial score (nSPS) is 11.2. The molecule has 5 nitrogen and oxygen atoms in total. The van der Waals surface area contributed by atoms with Crippen molar-refractivity contribution in [3.8, 4) is 0 Å². The van der Waals surface area contributed by atoms with Gasteiger partial charge in [0.05, 0.1) is 11.3 Å². The summed E-state index contributed by atoms with van der Waals surface area (Å²) in [5.74, 6) is -1.53. The van der Waals surface area contributed by atoms with E-state index in [1.54, 1.807) is 24.3 Å². The molecule has 0 radical (unpaired) electrons. The molecule has 6 heteroatoms. The Morgan fingerprint density at radius 1 is 1.11 bits per heavy atom. The van der Waals surface area contributed by atoms with E-state index < -0.39 is 15.8 Å².